The molecule has 4 aliphatic rings. The first-order valence-corrected chi connectivity index (χ1v) is 18.9. The molecule has 286 valence electrons. The van der Waals surface area contributed by atoms with Gasteiger partial charge >= 0.3 is 6.01 Å². The standard InChI is InChI=1S/C41H45F4N5O4/c1-4-27-29(42)10-9-24-20-26(51)21-28(31(24)27)34-33(43)35-32(37(46-34)53-3)36(49-18-6-13-39(2,52)22-49)48-38(47-35)54-23-40-14-5-8-30(40)50(19-7-15-40)25-11-16-41(44,45)17-12-25/h1,9-10,20-21,25,30,51-52H,5-8,11-19,22-23H2,2-3H3/t30-,39-,40-/m1/s1. The third-order valence-electron chi connectivity index (χ3n) is 12.3. The van der Waals surface area contributed by atoms with Crippen molar-refractivity contribution in [3.05, 3.63) is 41.5 Å². The van der Waals surface area contributed by atoms with Gasteiger partial charge in [-0.15, -0.1) is 6.42 Å². The lowest BCUT2D eigenvalue weighted by Gasteiger charge is -2.50. The van der Waals surface area contributed by atoms with Crippen LogP contribution in [0.3, 0.4) is 0 Å². The topological polar surface area (TPSA) is 104 Å². The van der Waals surface area contributed by atoms with Gasteiger partial charge in [0.15, 0.2) is 5.82 Å². The zero-order chi connectivity index (χ0) is 38.0. The monoisotopic (exact) mass is 747 g/mol. The molecule has 2 aromatic carbocycles. The van der Waals surface area contributed by atoms with E-state index in [0.717, 1.165) is 38.6 Å². The Labute approximate surface area is 311 Å². The normalized spacial score (nSPS) is 26.2. The average Bonchev–Trinajstić information content (AvgIpc) is 3.58. The van der Waals surface area contributed by atoms with Crippen LogP contribution < -0.4 is 14.4 Å². The molecule has 0 amide bonds. The molecule has 2 aliphatic heterocycles. The van der Waals surface area contributed by atoms with Gasteiger partial charge in [-0.3, -0.25) is 4.90 Å². The number of ether oxygens (including phenoxy) is 2. The van der Waals surface area contributed by atoms with E-state index < -0.39 is 23.2 Å². The molecule has 13 heteroatoms. The quantitative estimate of drug-likeness (QED) is 0.145. The Balaban J connectivity index is 1.24. The van der Waals surface area contributed by atoms with Gasteiger partial charge in [0.05, 0.1) is 24.9 Å². The molecule has 4 aromatic rings. The smallest absolute Gasteiger partial charge is 0.319 e. The van der Waals surface area contributed by atoms with Crippen LogP contribution in [0.15, 0.2) is 24.3 Å². The van der Waals surface area contributed by atoms with Crippen molar-refractivity contribution in [2.45, 2.75) is 101 Å². The number of phenols is 1. The summed E-state index contributed by atoms with van der Waals surface area (Å²) >= 11 is 0. The van der Waals surface area contributed by atoms with Crippen LogP contribution in [-0.2, 0) is 0 Å². The number of alkyl halides is 2. The van der Waals surface area contributed by atoms with Gasteiger partial charge in [-0.25, -0.2) is 22.5 Å². The number of terminal acetylenes is 1. The number of aromatic nitrogens is 3. The van der Waals surface area contributed by atoms with Crippen molar-refractivity contribution in [1.29, 1.82) is 0 Å². The molecule has 4 fully saturated rings. The molecule has 2 aliphatic carbocycles. The fourth-order valence-electron chi connectivity index (χ4n) is 9.82. The summed E-state index contributed by atoms with van der Waals surface area (Å²) in [5.41, 5.74) is -1.78. The van der Waals surface area contributed by atoms with Crippen LogP contribution in [0.4, 0.5) is 23.4 Å². The summed E-state index contributed by atoms with van der Waals surface area (Å²) in [5, 5.41) is 22.5. The van der Waals surface area contributed by atoms with Crippen LogP contribution in [-0.4, -0.2) is 87.0 Å². The van der Waals surface area contributed by atoms with E-state index in [9.17, 15) is 19.0 Å². The van der Waals surface area contributed by atoms with E-state index in [1.807, 2.05) is 4.90 Å². The van der Waals surface area contributed by atoms with Crippen LogP contribution in [0.2, 0.25) is 0 Å². The second-order valence-electron chi connectivity index (χ2n) is 16.0. The number of nitrogens with zero attached hydrogens (tertiary/aromatic N) is 5. The minimum absolute atomic E-state index is 0.0150. The maximum Gasteiger partial charge on any atom is 0.319 e. The number of pyridine rings is 1. The molecule has 3 atom stereocenters. The number of halogens is 4. The molecule has 0 unspecified atom stereocenters. The molecule has 2 saturated carbocycles. The first-order chi connectivity index (χ1) is 25.8. The summed E-state index contributed by atoms with van der Waals surface area (Å²) < 4.78 is 72.8. The molecule has 8 rings (SSSR count). The van der Waals surface area contributed by atoms with Crippen LogP contribution in [0, 0.1) is 29.4 Å². The number of anilines is 1. The molecule has 9 nitrogen and oxygen atoms in total. The third-order valence-corrected chi connectivity index (χ3v) is 12.3. The van der Waals surface area contributed by atoms with Crippen molar-refractivity contribution in [2.24, 2.45) is 5.41 Å². The Bertz CT molecular complexity index is 2150. The summed E-state index contributed by atoms with van der Waals surface area (Å²) in [4.78, 5) is 18.4. The van der Waals surface area contributed by atoms with Gasteiger partial charge in [0.1, 0.15) is 34.0 Å². The maximum absolute atomic E-state index is 17.2. The summed E-state index contributed by atoms with van der Waals surface area (Å²) in [5.74, 6) is -1.73. The number of aliphatic hydroxyl groups is 1. The highest BCUT2D eigenvalue weighted by atomic mass is 19.3. The Hall–Kier alpha value is -4.41. The number of hydrogen-bond acceptors (Lipinski definition) is 9. The summed E-state index contributed by atoms with van der Waals surface area (Å²) in [7, 11) is 1.39. The number of piperidine rings is 2. The van der Waals surface area contributed by atoms with E-state index in [1.165, 1.54) is 31.4 Å². The first kappa shape index (κ1) is 36.6. The predicted octanol–water partition coefficient (Wildman–Crippen LogP) is 7.76. The number of phenolic OH excluding ortho intramolecular Hbond substituents is 1. The molecular weight excluding hydrogens is 702 g/mol. The van der Waals surface area contributed by atoms with Crippen molar-refractivity contribution >= 4 is 27.5 Å². The second kappa shape index (κ2) is 13.7. The number of fused-ring (bicyclic) bond motifs is 3. The maximum atomic E-state index is 17.2. The average molecular weight is 748 g/mol. The molecule has 2 N–H and O–H groups in total. The van der Waals surface area contributed by atoms with Gasteiger partial charge in [0, 0.05) is 54.4 Å². The number of aromatic hydroxyl groups is 1. The third kappa shape index (κ3) is 6.45. The van der Waals surface area contributed by atoms with Crippen molar-refractivity contribution < 1.29 is 37.2 Å². The highest BCUT2D eigenvalue weighted by molar-refractivity contribution is 6.04. The zero-order valence-corrected chi connectivity index (χ0v) is 30.6. The van der Waals surface area contributed by atoms with E-state index in [-0.39, 0.29) is 100 Å². The highest BCUT2D eigenvalue weighted by Crippen LogP contribution is 2.51. The van der Waals surface area contributed by atoms with E-state index in [1.54, 1.807) is 6.92 Å². The predicted molar refractivity (Wildman–Crippen MR) is 197 cm³/mol. The molecule has 54 heavy (non-hydrogen) atoms. The lowest BCUT2D eigenvalue weighted by atomic mass is 9.74. The summed E-state index contributed by atoms with van der Waals surface area (Å²) in [6, 6.07) is 5.54. The summed E-state index contributed by atoms with van der Waals surface area (Å²) in [6.45, 7) is 3.58. The van der Waals surface area contributed by atoms with Crippen molar-refractivity contribution in [2.75, 3.05) is 38.3 Å². The Morgan fingerprint density at radius 3 is 2.46 bits per heavy atom. The first-order valence-electron chi connectivity index (χ1n) is 18.9. The van der Waals surface area contributed by atoms with Crippen molar-refractivity contribution in [3.63, 3.8) is 0 Å². The Morgan fingerprint density at radius 2 is 1.72 bits per heavy atom. The fraction of sp³-hybridized carbons (Fsp3) is 0.537. The lowest BCUT2D eigenvalue weighted by molar-refractivity contribution is -0.0801. The molecule has 2 saturated heterocycles. The van der Waals surface area contributed by atoms with Crippen LogP contribution in [0.1, 0.15) is 83.1 Å². The number of benzene rings is 2. The van der Waals surface area contributed by atoms with E-state index in [0.29, 0.717) is 37.6 Å². The van der Waals surface area contributed by atoms with Gasteiger partial charge in [-0.1, -0.05) is 18.4 Å². The van der Waals surface area contributed by atoms with E-state index >= 15 is 8.78 Å². The number of hydrogen-bond donors (Lipinski definition) is 2. The molecular formula is C41H45F4N5O4. The lowest BCUT2D eigenvalue weighted by Crippen LogP contribution is -2.56. The molecule has 0 spiro atoms. The van der Waals surface area contributed by atoms with Gasteiger partial charge in [0.2, 0.25) is 11.8 Å². The van der Waals surface area contributed by atoms with E-state index in [4.69, 9.17) is 20.9 Å². The number of likely N-dealkylation sites (tertiary alicyclic amines) is 1. The molecule has 2 aromatic heterocycles. The minimum Gasteiger partial charge on any atom is -0.508 e. The van der Waals surface area contributed by atoms with Crippen LogP contribution in [0.25, 0.3) is 32.9 Å². The van der Waals surface area contributed by atoms with Crippen molar-refractivity contribution in [1.82, 2.24) is 19.9 Å². The molecule has 0 bridgehead atoms. The van der Waals surface area contributed by atoms with Crippen molar-refractivity contribution in [3.8, 4) is 41.2 Å². The molecule has 4 heterocycles. The van der Waals surface area contributed by atoms with Crippen LogP contribution >= 0.6 is 0 Å². The molecule has 0 radical (unpaired) electrons. The van der Waals surface area contributed by atoms with Gasteiger partial charge in [-0.05, 0) is 88.4 Å². The van der Waals surface area contributed by atoms with Gasteiger partial charge in [-0.2, -0.15) is 9.97 Å². The van der Waals surface area contributed by atoms with Gasteiger partial charge < -0.3 is 24.6 Å². The van der Waals surface area contributed by atoms with E-state index in [2.05, 4.69) is 20.8 Å². The largest absolute Gasteiger partial charge is 0.508 e. The summed E-state index contributed by atoms with van der Waals surface area (Å²) in [6.07, 6.45) is 12.4. The number of methoxy groups -OCH3 is 1. The SMILES string of the molecule is C#Cc1c(F)ccc2cc(O)cc(-c3nc(OC)c4c(N5CCC[C@@](C)(O)C5)nc(OC[C@]56CCC[C@H]5N(C5CCC(F)(F)CC5)CCC6)nc4c3F)c12. The second-order valence-corrected chi connectivity index (χ2v) is 16.0. The van der Waals surface area contributed by atoms with Gasteiger partial charge in [0.25, 0.3) is 0 Å². The number of rotatable bonds is 7. The number of β-amino-alcohol motifs (C(OH)–C–C–N with tert-alkyl or cyclic N) is 1. The zero-order valence-electron chi connectivity index (χ0n) is 30.6. The highest BCUT2D eigenvalue weighted by Gasteiger charge is 2.51. The minimum atomic E-state index is -2.60. The Morgan fingerprint density at radius 1 is 0.963 bits per heavy atom. The fourth-order valence-corrected chi connectivity index (χ4v) is 9.82. The Kier molecular flexibility index (Phi) is 9.28. The van der Waals surface area contributed by atoms with Crippen LogP contribution in [0.5, 0.6) is 17.6 Å².